The van der Waals surface area contributed by atoms with Gasteiger partial charge >= 0.3 is 0 Å². The molecule has 0 bridgehead atoms. The Kier molecular flexibility index (Phi) is 7.90. The van der Waals surface area contributed by atoms with Gasteiger partial charge in [0.15, 0.2) is 0 Å². The second kappa shape index (κ2) is 9.17. The third-order valence-corrected chi connectivity index (χ3v) is 4.35. The first-order chi connectivity index (χ1) is 9.56. The number of halogens is 1. The van der Waals surface area contributed by atoms with Gasteiger partial charge in [-0.15, -0.1) is 0 Å². The van der Waals surface area contributed by atoms with E-state index in [0.717, 1.165) is 25.0 Å². The molecule has 1 aromatic rings. The lowest BCUT2D eigenvalue weighted by molar-refractivity contribution is -0.384. The van der Waals surface area contributed by atoms with Gasteiger partial charge in [0, 0.05) is 22.2 Å². The first kappa shape index (κ1) is 17.2. The van der Waals surface area contributed by atoms with Gasteiger partial charge in [0.1, 0.15) is 0 Å². The summed E-state index contributed by atoms with van der Waals surface area (Å²) in [5.74, 6) is 0.888. The first-order valence-corrected chi connectivity index (χ1v) is 8.74. The van der Waals surface area contributed by atoms with Crippen LogP contribution in [0.1, 0.15) is 29.6 Å². The van der Waals surface area contributed by atoms with E-state index in [4.69, 9.17) is 0 Å². The number of unbranched alkanes of at least 4 members (excludes halogenated alkanes) is 2. The zero-order valence-corrected chi connectivity index (χ0v) is 14.2. The molecule has 0 radical (unpaired) electrons. The van der Waals surface area contributed by atoms with Crippen molar-refractivity contribution >= 4 is 45.9 Å². The number of nitrogens with one attached hydrogen (secondary N) is 1. The SMILES string of the molecule is CSCCCCCNC(=O)c1cc([N+](=O)[O-])ccc1I. The van der Waals surface area contributed by atoms with E-state index in [2.05, 4.69) is 11.6 Å². The molecule has 0 spiro atoms. The molecule has 1 rings (SSSR count). The summed E-state index contributed by atoms with van der Waals surface area (Å²) < 4.78 is 0.716. The zero-order chi connectivity index (χ0) is 15.0. The van der Waals surface area contributed by atoms with Crippen molar-refractivity contribution in [1.82, 2.24) is 5.32 Å². The fourth-order valence-electron chi connectivity index (χ4n) is 1.65. The Morgan fingerprint density at radius 1 is 1.40 bits per heavy atom. The number of hydrogen-bond acceptors (Lipinski definition) is 4. The van der Waals surface area contributed by atoms with Gasteiger partial charge in [-0.1, -0.05) is 6.42 Å². The lowest BCUT2D eigenvalue weighted by Gasteiger charge is -2.06. The topological polar surface area (TPSA) is 72.2 Å². The van der Waals surface area contributed by atoms with Crippen LogP contribution in [-0.4, -0.2) is 29.4 Å². The highest BCUT2D eigenvalue weighted by Gasteiger charge is 2.14. The minimum atomic E-state index is -0.491. The van der Waals surface area contributed by atoms with E-state index >= 15 is 0 Å². The Balaban J connectivity index is 2.50. The summed E-state index contributed by atoms with van der Waals surface area (Å²) in [6, 6.07) is 4.32. The fraction of sp³-hybridized carbons (Fsp3) is 0.462. The normalized spacial score (nSPS) is 10.3. The van der Waals surface area contributed by atoms with Crippen LogP contribution in [0.15, 0.2) is 18.2 Å². The molecule has 0 fully saturated rings. The van der Waals surface area contributed by atoms with Crippen LogP contribution in [0, 0.1) is 13.7 Å². The summed E-state index contributed by atoms with van der Waals surface area (Å²) in [6.45, 7) is 0.603. The van der Waals surface area contributed by atoms with Crippen LogP contribution in [0.3, 0.4) is 0 Å². The van der Waals surface area contributed by atoms with Crippen LogP contribution in [0.2, 0.25) is 0 Å². The van der Waals surface area contributed by atoms with Crippen LogP contribution in [-0.2, 0) is 0 Å². The lowest BCUT2D eigenvalue weighted by atomic mass is 10.2. The van der Waals surface area contributed by atoms with Gasteiger partial charge in [0.2, 0.25) is 0 Å². The maximum Gasteiger partial charge on any atom is 0.270 e. The summed E-state index contributed by atoms with van der Waals surface area (Å²) in [6.07, 6.45) is 5.22. The van der Waals surface area contributed by atoms with Crippen molar-refractivity contribution in [3.63, 3.8) is 0 Å². The second-order valence-corrected chi connectivity index (χ2v) is 6.38. The van der Waals surface area contributed by atoms with Crippen LogP contribution in [0.4, 0.5) is 5.69 Å². The summed E-state index contributed by atoms with van der Waals surface area (Å²) in [7, 11) is 0. The van der Waals surface area contributed by atoms with Crippen molar-refractivity contribution < 1.29 is 9.72 Å². The molecule has 0 atom stereocenters. The third-order valence-electron chi connectivity index (χ3n) is 2.72. The minimum absolute atomic E-state index is 0.0597. The van der Waals surface area contributed by atoms with Gasteiger partial charge in [-0.25, -0.2) is 0 Å². The molecule has 0 saturated carbocycles. The highest BCUT2D eigenvalue weighted by atomic mass is 127. The molecule has 1 amide bonds. The molecular weight excluding hydrogens is 391 g/mol. The van der Waals surface area contributed by atoms with Crippen molar-refractivity contribution in [3.05, 3.63) is 37.4 Å². The number of rotatable bonds is 8. The molecule has 20 heavy (non-hydrogen) atoms. The third kappa shape index (κ3) is 5.66. The molecule has 0 aromatic heterocycles. The Bertz CT molecular complexity index is 483. The summed E-state index contributed by atoms with van der Waals surface area (Å²) >= 11 is 3.83. The van der Waals surface area contributed by atoms with Crippen LogP contribution in [0.5, 0.6) is 0 Å². The summed E-state index contributed by atoms with van der Waals surface area (Å²) in [5, 5.41) is 13.5. The number of amides is 1. The van der Waals surface area contributed by atoms with Gasteiger partial charge in [-0.2, -0.15) is 11.8 Å². The van der Waals surface area contributed by atoms with Gasteiger partial charge < -0.3 is 5.32 Å². The molecule has 110 valence electrons. The number of nitro benzene ring substituents is 1. The molecule has 0 heterocycles. The molecule has 0 aliphatic carbocycles. The van der Waals surface area contributed by atoms with E-state index in [0.29, 0.717) is 15.7 Å². The lowest BCUT2D eigenvalue weighted by Crippen LogP contribution is -2.25. The summed E-state index contributed by atoms with van der Waals surface area (Å²) in [4.78, 5) is 22.2. The highest BCUT2D eigenvalue weighted by Crippen LogP contribution is 2.19. The molecule has 1 aromatic carbocycles. The Morgan fingerprint density at radius 3 is 2.80 bits per heavy atom. The largest absolute Gasteiger partial charge is 0.352 e. The predicted octanol–water partition coefficient (Wildman–Crippen LogP) is 3.46. The number of thioether (sulfide) groups is 1. The van der Waals surface area contributed by atoms with Crippen molar-refractivity contribution in [2.24, 2.45) is 0 Å². The molecule has 0 saturated heterocycles. The first-order valence-electron chi connectivity index (χ1n) is 6.27. The monoisotopic (exact) mass is 408 g/mol. The standard InChI is InChI=1S/C13H17IN2O3S/c1-20-8-4-2-3-7-15-13(17)11-9-10(16(18)19)5-6-12(11)14/h5-6,9H,2-4,7-8H2,1H3,(H,15,17). The maximum absolute atomic E-state index is 12.0. The number of carbonyl (C=O) groups excluding carboxylic acids is 1. The number of nitro groups is 1. The van der Waals surface area contributed by atoms with Gasteiger partial charge in [-0.3, -0.25) is 14.9 Å². The number of non-ortho nitro benzene ring substituents is 1. The van der Waals surface area contributed by atoms with E-state index in [1.165, 1.54) is 12.1 Å². The van der Waals surface area contributed by atoms with Gasteiger partial charge in [0.25, 0.3) is 11.6 Å². The van der Waals surface area contributed by atoms with Crippen LogP contribution in [0.25, 0.3) is 0 Å². The predicted molar refractivity (Wildman–Crippen MR) is 90.4 cm³/mol. The minimum Gasteiger partial charge on any atom is -0.352 e. The number of benzene rings is 1. The van der Waals surface area contributed by atoms with Crippen molar-refractivity contribution in [2.45, 2.75) is 19.3 Å². The highest BCUT2D eigenvalue weighted by molar-refractivity contribution is 14.1. The molecule has 5 nitrogen and oxygen atoms in total. The Hall–Kier alpha value is -0.830. The Morgan fingerprint density at radius 2 is 2.15 bits per heavy atom. The van der Waals surface area contributed by atoms with Gasteiger partial charge in [0.05, 0.1) is 10.5 Å². The van der Waals surface area contributed by atoms with Crippen molar-refractivity contribution in [1.29, 1.82) is 0 Å². The maximum atomic E-state index is 12.0. The van der Waals surface area contributed by atoms with E-state index < -0.39 is 4.92 Å². The molecule has 0 aliphatic rings. The quantitative estimate of drug-likeness (QED) is 0.310. The molecule has 0 unspecified atom stereocenters. The van der Waals surface area contributed by atoms with Gasteiger partial charge in [-0.05, 0) is 53.5 Å². The average Bonchev–Trinajstić information content (AvgIpc) is 2.42. The molecular formula is C13H17IN2O3S. The number of carbonyl (C=O) groups is 1. The van der Waals surface area contributed by atoms with E-state index in [9.17, 15) is 14.9 Å². The Labute approximate surface area is 136 Å². The summed E-state index contributed by atoms with van der Waals surface area (Å²) in [5.41, 5.74) is 0.305. The van der Waals surface area contributed by atoms with E-state index in [1.54, 1.807) is 6.07 Å². The molecule has 7 heteroatoms. The molecule has 0 aliphatic heterocycles. The zero-order valence-electron chi connectivity index (χ0n) is 11.2. The number of nitrogens with zero attached hydrogens (tertiary/aromatic N) is 1. The van der Waals surface area contributed by atoms with E-state index in [1.807, 2.05) is 34.4 Å². The number of hydrogen-bond donors (Lipinski definition) is 1. The van der Waals surface area contributed by atoms with Crippen LogP contribution >= 0.6 is 34.4 Å². The van der Waals surface area contributed by atoms with Crippen molar-refractivity contribution in [3.8, 4) is 0 Å². The van der Waals surface area contributed by atoms with E-state index in [-0.39, 0.29) is 11.6 Å². The second-order valence-electron chi connectivity index (χ2n) is 4.23. The fourth-order valence-corrected chi connectivity index (χ4v) is 2.72. The van der Waals surface area contributed by atoms with Crippen molar-refractivity contribution in [2.75, 3.05) is 18.6 Å². The van der Waals surface area contributed by atoms with Crippen LogP contribution < -0.4 is 5.32 Å². The molecule has 1 N–H and O–H groups in total. The smallest absolute Gasteiger partial charge is 0.270 e. The average molecular weight is 408 g/mol.